The quantitative estimate of drug-likeness (QED) is 0.848. The van der Waals surface area contributed by atoms with Crippen LogP contribution in [0.5, 0.6) is 5.75 Å². The first-order valence-electron chi connectivity index (χ1n) is 8.28. The van der Waals surface area contributed by atoms with E-state index in [0.29, 0.717) is 24.5 Å². The Morgan fingerprint density at radius 1 is 1.35 bits per heavy atom. The Bertz CT molecular complexity index is 794. The molecular formula is C17H19F3N4O2. The smallest absolute Gasteiger partial charge is 0.405 e. The summed E-state index contributed by atoms with van der Waals surface area (Å²) < 4.78 is 41.6. The van der Waals surface area contributed by atoms with Crippen LogP contribution >= 0.6 is 0 Å². The summed E-state index contributed by atoms with van der Waals surface area (Å²) in [4.78, 5) is 20.5. The van der Waals surface area contributed by atoms with E-state index in [1.165, 1.54) is 24.5 Å². The van der Waals surface area contributed by atoms with E-state index >= 15 is 0 Å². The Labute approximate surface area is 148 Å². The number of hydrogen-bond acceptors (Lipinski definition) is 5. The molecule has 140 valence electrons. The lowest BCUT2D eigenvalue weighted by Gasteiger charge is -2.33. The van der Waals surface area contributed by atoms with Crippen LogP contribution in [0.2, 0.25) is 0 Å². The molecule has 1 atom stereocenters. The van der Waals surface area contributed by atoms with Gasteiger partial charge in [0.05, 0.1) is 0 Å². The predicted octanol–water partition coefficient (Wildman–Crippen LogP) is 2.43. The summed E-state index contributed by atoms with van der Waals surface area (Å²) >= 11 is 0. The molecule has 0 bridgehead atoms. The highest BCUT2D eigenvalue weighted by molar-refractivity contribution is 5.36. The molecule has 2 N–H and O–H groups in total. The minimum absolute atomic E-state index is 0.0316. The molecule has 1 aromatic carbocycles. The molecule has 9 heteroatoms. The van der Waals surface area contributed by atoms with Gasteiger partial charge in [-0.1, -0.05) is 18.2 Å². The number of aromatic nitrogens is 2. The second-order valence-electron chi connectivity index (χ2n) is 6.06. The molecule has 0 saturated carbocycles. The van der Waals surface area contributed by atoms with Gasteiger partial charge in [-0.25, -0.2) is 4.98 Å². The van der Waals surface area contributed by atoms with Gasteiger partial charge in [-0.2, -0.15) is 0 Å². The third kappa shape index (κ3) is 4.75. The Morgan fingerprint density at radius 2 is 2.15 bits per heavy atom. The third-order valence-corrected chi connectivity index (χ3v) is 4.19. The van der Waals surface area contributed by atoms with E-state index in [1.54, 1.807) is 12.1 Å². The molecule has 0 amide bonds. The van der Waals surface area contributed by atoms with Gasteiger partial charge in [0.15, 0.2) is 5.82 Å². The fourth-order valence-electron chi connectivity index (χ4n) is 3.03. The molecule has 6 nitrogen and oxygen atoms in total. The van der Waals surface area contributed by atoms with Gasteiger partial charge in [-0.3, -0.25) is 4.79 Å². The van der Waals surface area contributed by atoms with Crippen LogP contribution in [-0.4, -0.2) is 35.5 Å². The maximum Gasteiger partial charge on any atom is 0.573 e. The number of benzene rings is 1. The van der Waals surface area contributed by atoms with Crippen molar-refractivity contribution >= 4 is 5.82 Å². The number of rotatable bonds is 5. The SMILES string of the molecule is O=c1[nH]ccnc1N1CCC[C@H](NCc2ccccc2OC(F)(F)F)C1. The molecule has 1 saturated heterocycles. The summed E-state index contributed by atoms with van der Waals surface area (Å²) in [5, 5.41) is 3.25. The third-order valence-electron chi connectivity index (χ3n) is 4.19. The predicted molar refractivity (Wildman–Crippen MR) is 90.1 cm³/mol. The first kappa shape index (κ1) is 18.2. The molecule has 0 radical (unpaired) electrons. The highest BCUT2D eigenvalue weighted by atomic mass is 19.4. The lowest BCUT2D eigenvalue weighted by Crippen LogP contribution is -2.47. The van der Waals surface area contributed by atoms with Crippen molar-refractivity contribution in [3.8, 4) is 5.75 Å². The molecule has 3 rings (SSSR count). The van der Waals surface area contributed by atoms with Crippen molar-refractivity contribution in [3.05, 3.63) is 52.6 Å². The van der Waals surface area contributed by atoms with Crippen LogP contribution in [0.15, 0.2) is 41.5 Å². The van der Waals surface area contributed by atoms with Crippen LogP contribution < -0.4 is 20.5 Å². The first-order valence-corrected chi connectivity index (χ1v) is 8.28. The molecule has 0 spiro atoms. The second-order valence-corrected chi connectivity index (χ2v) is 6.06. The zero-order valence-corrected chi connectivity index (χ0v) is 13.9. The van der Waals surface area contributed by atoms with Gasteiger partial charge in [-0.15, -0.1) is 13.2 Å². The van der Waals surface area contributed by atoms with E-state index in [2.05, 4.69) is 20.0 Å². The Hall–Kier alpha value is -2.55. The maximum atomic E-state index is 12.5. The van der Waals surface area contributed by atoms with Gasteiger partial charge in [0.25, 0.3) is 5.56 Å². The summed E-state index contributed by atoms with van der Waals surface area (Å²) in [6.07, 6.45) is -0.00273. The number of nitrogens with one attached hydrogen (secondary N) is 2. The number of para-hydroxylation sites is 1. The lowest BCUT2D eigenvalue weighted by molar-refractivity contribution is -0.274. The molecule has 2 heterocycles. The maximum absolute atomic E-state index is 12.5. The molecule has 26 heavy (non-hydrogen) atoms. The van der Waals surface area contributed by atoms with E-state index < -0.39 is 6.36 Å². The number of halogens is 3. The monoisotopic (exact) mass is 368 g/mol. The molecule has 1 fully saturated rings. The molecule has 1 aliphatic rings. The van der Waals surface area contributed by atoms with Crippen molar-refractivity contribution in [2.75, 3.05) is 18.0 Å². The average Bonchev–Trinajstić information content (AvgIpc) is 2.60. The molecule has 1 aliphatic heterocycles. The van der Waals surface area contributed by atoms with Crippen LogP contribution in [-0.2, 0) is 6.54 Å². The zero-order chi connectivity index (χ0) is 18.6. The van der Waals surface area contributed by atoms with E-state index in [-0.39, 0.29) is 23.9 Å². The number of piperidine rings is 1. The lowest BCUT2D eigenvalue weighted by atomic mass is 10.1. The minimum Gasteiger partial charge on any atom is -0.405 e. The number of H-pyrrole nitrogens is 1. The van der Waals surface area contributed by atoms with Crippen LogP contribution in [0.25, 0.3) is 0 Å². The van der Waals surface area contributed by atoms with Crippen LogP contribution in [0.1, 0.15) is 18.4 Å². The van der Waals surface area contributed by atoms with Crippen molar-refractivity contribution in [1.29, 1.82) is 0 Å². The summed E-state index contributed by atoms with van der Waals surface area (Å²) in [6.45, 7) is 1.51. The van der Waals surface area contributed by atoms with Gasteiger partial charge in [0, 0.05) is 43.6 Å². The number of alkyl halides is 3. The van der Waals surface area contributed by atoms with Gasteiger partial charge in [-0.05, 0) is 18.9 Å². The number of anilines is 1. The molecule has 2 aromatic rings. The standard InChI is InChI=1S/C17H19F3N4O2/c18-17(19,20)26-14-6-2-1-4-12(14)10-23-13-5-3-9-24(11-13)15-16(25)22-8-7-21-15/h1-2,4,6-8,13,23H,3,5,9-11H2,(H,22,25)/t13-/m0/s1. The Kier molecular flexibility index (Phi) is 5.46. The molecule has 0 aliphatic carbocycles. The van der Waals surface area contributed by atoms with Crippen molar-refractivity contribution in [2.24, 2.45) is 0 Å². The minimum atomic E-state index is -4.72. The Morgan fingerprint density at radius 3 is 2.92 bits per heavy atom. The van der Waals surface area contributed by atoms with Crippen LogP contribution in [0.4, 0.5) is 19.0 Å². The van der Waals surface area contributed by atoms with Gasteiger partial charge in [0.2, 0.25) is 0 Å². The summed E-state index contributed by atoms with van der Waals surface area (Å²) in [5.74, 6) is 0.154. The fraction of sp³-hybridized carbons (Fsp3) is 0.412. The van der Waals surface area contributed by atoms with E-state index in [0.717, 1.165) is 12.8 Å². The van der Waals surface area contributed by atoms with Crippen molar-refractivity contribution in [3.63, 3.8) is 0 Å². The zero-order valence-electron chi connectivity index (χ0n) is 13.9. The Balaban J connectivity index is 1.64. The topological polar surface area (TPSA) is 70.2 Å². The normalized spacial score (nSPS) is 18.0. The molecular weight excluding hydrogens is 349 g/mol. The van der Waals surface area contributed by atoms with Crippen molar-refractivity contribution < 1.29 is 17.9 Å². The second kappa shape index (κ2) is 7.77. The largest absolute Gasteiger partial charge is 0.573 e. The average molecular weight is 368 g/mol. The van der Waals surface area contributed by atoms with Crippen molar-refractivity contribution in [2.45, 2.75) is 31.8 Å². The van der Waals surface area contributed by atoms with E-state index in [4.69, 9.17) is 0 Å². The van der Waals surface area contributed by atoms with Gasteiger partial charge >= 0.3 is 6.36 Å². The van der Waals surface area contributed by atoms with E-state index in [1.807, 2.05) is 4.90 Å². The van der Waals surface area contributed by atoms with Gasteiger partial charge in [0.1, 0.15) is 5.75 Å². The highest BCUT2D eigenvalue weighted by Crippen LogP contribution is 2.26. The highest BCUT2D eigenvalue weighted by Gasteiger charge is 2.32. The summed E-state index contributed by atoms with van der Waals surface area (Å²) in [5.41, 5.74) is 0.176. The summed E-state index contributed by atoms with van der Waals surface area (Å²) in [6, 6.07) is 6.09. The van der Waals surface area contributed by atoms with Crippen LogP contribution in [0, 0.1) is 0 Å². The molecule has 0 unspecified atom stereocenters. The molecule has 1 aromatic heterocycles. The fourth-order valence-corrected chi connectivity index (χ4v) is 3.03. The summed E-state index contributed by atoms with van der Waals surface area (Å²) in [7, 11) is 0. The number of nitrogens with zero attached hydrogens (tertiary/aromatic N) is 2. The number of hydrogen-bond donors (Lipinski definition) is 2. The van der Waals surface area contributed by atoms with Crippen LogP contribution in [0.3, 0.4) is 0 Å². The number of ether oxygens (including phenoxy) is 1. The van der Waals surface area contributed by atoms with E-state index in [9.17, 15) is 18.0 Å². The van der Waals surface area contributed by atoms with Crippen molar-refractivity contribution in [1.82, 2.24) is 15.3 Å². The van der Waals surface area contributed by atoms with Gasteiger partial charge < -0.3 is 19.9 Å². The number of aromatic amines is 1. The first-order chi connectivity index (χ1) is 12.4.